The summed E-state index contributed by atoms with van der Waals surface area (Å²) in [5, 5.41) is 4.31. The molecule has 3 aromatic rings. The van der Waals surface area contributed by atoms with Crippen LogP contribution in [-0.4, -0.2) is 4.98 Å². The summed E-state index contributed by atoms with van der Waals surface area (Å²) in [5.41, 5.74) is 3.33. The predicted molar refractivity (Wildman–Crippen MR) is 81.8 cm³/mol. The zero-order valence-corrected chi connectivity index (χ0v) is 12.2. The Kier molecular flexibility index (Phi) is 3.06. The number of halogens is 1. The number of benzene rings is 2. The Morgan fingerprint density at radius 1 is 1.17 bits per heavy atom. The molecule has 0 atom stereocenters. The molecule has 0 saturated carbocycles. The van der Waals surface area contributed by atoms with Gasteiger partial charge in [0.25, 0.3) is 0 Å². The average molecular weight is 319 g/mol. The number of para-hydroxylation sites is 1. The van der Waals surface area contributed by atoms with E-state index in [1.54, 1.807) is 11.3 Å². The first-order valence-corrected chi connectivity index (χ1v) is 7.22. The largest absolute Gasteiger partial charge is 0.331 e. The standard InChI is InChI=1S/C14H11BrN2S/c1-9-6-7-10(15)8-12(9)17-14-16-11-4-2-3-5-13(11)18-14/h2-8H,1H3,(H,16,17). The SMILES string of the molecule is Cc1ccc(Br)cc1Nc1nc2ccccc2s1. The summed E-state index contributed by atoms with van der Waals surface area (Å²) in [4.78, 5) is 4.57. The van der Waals surface area contributed by atoms with Crippen molar-refractivity contribution in [2.45, 2.75) is 6.92 Å². The van der Waals surface area contributed by atoms with Gasteiger partial charge < -0.3 is 5.32 Å². The number of hydrogen-bond acceptors (Lipinski definition) is 3. The molecule has 1 N–H and O–H groups in total. The highest BCUT2D eigenvalue weighted by Gasteiger charge is 2.05. The van der Waals surface area contributed by atoms with Crippen molar-refractivity contribution >= 4 is 48.3 Å². The molecule has 1 aromatic heterocycles. The fourth-order valence-electron chi connectivity index (χ4n) is 1.77. The number of fused-ring (bicyclic) bond motifs is 1. The number of anilines is 2. The van der Waals surface area contributed by atoms with Gasteiger partial charge in [0.2, 0.25) is 0 Å². The van der Waals surface area contributed by atoms with E-state index in [1.165, 1.54) is 10.3 Å². The molecule has 0 bridgehead atoms. The van der Waals surface area contributed by atoms with E-state index in [2.05, 4.69) is 51.4 Å². The van der Waals surface area contributed by atoms with Gasteiger partial charge in [0, 0.05) is 10.2 Å². The summed E-state index contributed by atoms with van der Waals surface area (Å²) >= 11 is 5.16. The lowest BCUT2D eigenvalue weighted by molar-refractivity contribution is 1.39. The van der Waals surface area contributed by atoms with Gasteiger partial charge in [-0.15, -0.1) is 0 Å². The summed E-state index contributed by atoms with van der Waals surface area (Å²) < 4.78 is 2.27. The van der Waals surface area contributed by atoms with Crippen molar-refractivity contribution in [3.63, 3.8) is 0 Å². The molecule has 0 radical (unpaired) electrons. The third-order valence-electron chi connectivity index (χ3n) is 2.74. The van der Waals surface area contributed by atoms with E-state index in [9.17, 15) is 0 Å². The highest BCUT2D eigenvalue weighted by molar-refractivity contribution is 9.10. The lowest BCUT2D eigenvalue weighted by atomic mass is 10.2. The molecular weight excluding hydrogens is 308 g/mol. The molecule has 18 heavy (non-hydrogen) atoms. The van der Waals surface area contributed by atoms with Crippen molar-refractivity contribution < 1.29 is 0 Å². The number of aryl methyl sites for hydroxylation is 1. The third kappa shape index (κ3) is 2.26. The monoisotopic (exact) mass is 318 g/mol. The van der Waals surface area contributed by atoms with Crippen LogP contribution >= 0.6 is 27.3 Å². The maximum absolute atomic E-state index is 4.57. The van der Waals surface area contributed by atoms with E-state index >= 15 is 0 Å². The van der Waals surface area contributed by atoms with Gasteiger partial charge in [-0.25, -0.2) is 4.98 Å². The molecule has 0 fully saturated rings. The molecule has 3 rings (SSSR count). The van der Waals surface area contributed by atoms with E-state index in [-0.39, 0.29) is 0 Å². The third-order valence-corrected chi connectivity index (χ3v) is 4.18. The van der Waals surface area contributed by atoms with Gasteiger partial charge in [-0.1, -0.05) is 45.5 Å². The van der Waals surface area contributed by atoms with Crippen molar-refractivity contribution in [1.29, 1.82) is 0 Å². The molecule has 4 heteroatoms. The van der Waals surface area contributed by atoms with Crippen LogP contribution in [0.4, 0.5) is 10.8 Å². The fourth-order valence-corrected chi connectivity index (χ4v) is 3.01. The Bertz CT molecular complexity index is 673. The van der Waals surface area contributed by atoms with Crippen LogP contribution in [0.1, 0.15) is 5.56 Å². The molecule has 90 valence electrons. The molecule has 2 nitrogen and oxygen atoms in total. The fraction of sp³-hybridized carbons (Fsp3) is 0.0714. The van der Waals surface area contributed by atoms with Gasteiger partial charge in [-0.05, 0) is 36.8 Å². The molecule has 0 spiro atoms. The smallest absolute Gasteiger partial charge is 0.188 e. The Hall–Kier alpha value is -1.39. The second-order valence-corrected chi connectivity index (χ2v) is 6.02. The maximum atomic E-state index is 4.57. The van der Waals surface area contributed by atoms with Gasteiger partial charge >= 0.3 is 0 Å². The summed E-state index contributed by atoms with van der Waals surface area (Å²) in [7, 11) is 0. The summed E-state index contributed by atoms with van der Waals surface area (Å²) in [6.07, 6.45) is 0. The van der Waals surface area contributed by atoms with Crippen LogP contribution < -0.4 is 5.32 Å². The number of thiazole rings is 1. The minimum absolute atomic E-state index is 0.928. The van der Waals surface area contributed by atoms with Gasteiger partial charge in [-0.3, -0.25) is 0 Å². The zero-order valence-electron chi connectivity index (χ0n) is 9.77. The van der Waals surface area contributed by atoms with Gasteiger partial charge in [-0.2, -0.15) is 0 Å². The van der Waals surface area contributed by atoms with Crippen LogP contribution in [-0.2, 0) is 0 Å². The van der Waals surface area contributed by atoms with Crippen LogP contribution in [0.2, 0.25) is 0 Å². The molecular formula is C14H11BrN2S. The van der Waals surface area contributed by atoms with E-state index in [4.69, 9.17) is 0 Å². The first-order valence-electron chi connectivity index (χ1n) is 5.61. The molecule has 2 aromatic carbocycles. The molecule has 0 aliphatic carbocycles. The lowest BCUT2D eigenvalue weighted by Crippen LogP contribution is -1.92. The normalized spacial score (nSPS) is 10.8. The number of hydrogen-bond donors (Lipinski definition) is 1. The Morgan fingerprint density at radius 3 is 2.83 bits per heavy atom. The van der Waals surface area contributed by atoms with Gasteiger partial charge in [0.05, 0.1) is 10.2 Å². The van der Waals surface area contributed by atoms with Crippen LogP contribution in [0.15, 0.2) is 46.9 Å². The molecule has 1 heterocycles. The first kappa shape index (κ1) is 11.7. The van der Waals surface area contributed by atoms with Crippen molar-refractivity contribution in [3.8, 4) is 0 Å². The average Bonchev–Trinajstić information content (AvgIpc) is 2.76. The number of nitrogens with zero attached hydrogens (tertiary/aromatic N) is 1. The van der Waals surface area contributed by atoms with Crippen molar-refractivity contribution in [2.24, 2.45) is 0 Å². The highest BCUT2D eigenvalue weighted by Crippen LogP contribution is 2.30. The van der Waals surface area contributed by atoms with Gasteiger partial charge in [0.15, 0.2) is 5.13 Å². The Morgan fingerprint density at radius 2 is 2.00 bits per heavy atom. The van der Waals surface area contributed by atoms with E-state index < -0.39 is 0 Å². The predicted octanol–water partition coefficient (Wildman–Crippen LogP) is 5.11. The van der Waals surface area contributed by atoms with Crippen molar-refractivity contribution in [3.05, 3.63) is 52.5 Å². The van der Waals surface area contributed by atoms with Crippen molar-refractivity contribution in [1.82, 2.24) is 4.98 Å². The molecule has 0 saturated heterocycles. The Balaban J connectivity index is 1.98. The quantitative estimate of drug-likeness (QED) is 0.710. The molecule has 0 aliphatic rings. The summed E-state index contributed by atoms with van der Waals surface area (Å²) in [6.45, 7) is 2.09. The zero-order chi connectivity index (χ0) is 12.5. The number of rotatable bonds is 2. The maximum Gasteiger partial charge on any atom is 0.188 e. The number of aromatic nitrogens is 1. The molecule has 0 unspecified atom stereocenters. The molecule has 0 amide bonds. The number of nitrogens with one attached hydrogen (secondary N) is 1. The van der Waals surface area contributed by atoms with Crippen LogP contribution in [0.3, 0.4) is 0 Å². The van der Waals surface area contributed by atoms with Crippen LogP contribution in [0.5, 0.6) is 0 Å². The van der Waals surface area contributed by atoms with E-state index in [0.29, 0.717) is 0 Å². The minimum Gasteiger partial charge on any atom is -0.331 e. The van der Waals surface area contributed by atoms with E-state index in [0.717, 1.165) is 20.8 Å². The molecule has 0 aliphatic heterocycles. The van der Waals surface area contributed by atoms with Crippen LogP contribution in [0, 0.1) is 6.92 Å². The lowest BCUT2D eigenvalue weighted by Gasteiger charge is -2.06. The summed E-state index contributed by atoms with van der Waals surface area (Å²) in [5.74, 6) is 0. The van der Waals surface area contributed by atoms with Crippen molar-refractivity contribution in [2.75, 3.05) is 5.32 Å². The topological polar surface area (TPSA) is 24.9 Å². The second-order valence-electron chi connectivity index (χ2n) is 4.07. The van der Waals surface area contributed by atoms with E-state index in [1.807, 2.05) is 24.3 Å². The second kappa shape index (κ2) is 4.71. The minimum atomic E-state index is 0.928. The highest BCUT2D eigenvalue weighted by atomic mass is 79.9. The van der Waals surface area contributed by atoms with Gasteiger partial charge in [0.1, 0.15) is 0 Å². The van der Waals surface area contributed by atoms with Crippen LogP contribution in [0.25, 0.3) is 10.2 Å². The Labute approximate surface area is 118 Å². The summed E-state index contributed by atoms with van der Waals surface area (Å²) in [6, 6.07) is 14.4. The first-order chi connectivity index (χ1) is 8.72.